The molecule has 0 bridgehead atoms. The van der Waals surface area contributed by atoms with E-state index < -0.39 is 9.84 Å². The van der Waals surface area contributed by atoms with Crippen LogP contribution in [-0.4, -0.2) is 29.5 Å². The highest BCUT2D eigenvalue weighted by Crippen LogP contribution is 2.34. The SMILES string of the molecule is Cc1cc(-c2csc(COc3ccc(F)cc3)n2)c(C)n1C1CCS(=O)(=O)C1. The second kappa shape index (κ2) is 7.33. The Hall–Kier alpha value is -2.19. The smallest absolute Gasteiger partial charge is 0.152 e. The quantitative estimate of drug-likeness (QED) is 0.617. The van der Waals surface area contributed by atoms with Gasteiger partial charge in [-0.3, -0.25) is 0 Å². The van der Waals surface area contributed by atoms with E-state index in [1.165, 1.54) is 23.5 Å². The van der Waals surface area contributed by atoms with Crippen LogP contribution in [0.1, 0.15) is 28.9 Å². The number of hydrogen-bond acceptors (Lipinski definition) is 5. The van der Waals surface area contributed by atoms with Gasteiger partial charge in [-0.2, -0.15) is 0 Å². The van der Waals surface area contributed by atoms with Gasteiger partial charge in [-0.1, -0.05) is 0 Å². The molecule has 0 radical (unpaired) electrons. The van der Waals surface area contributed by atoms with Gasteiger partial charge in [-0.25, -0.2) is 17.8 Å². The summed E-state index contributed by atoms with van der Waals surface area (Å²) in [7, 11) is -2.94. The summed E-state index contributed by atoms with van der Waals surface area (Å²) >= 11 is 1.51. The zero-order valence-electron chi connectivity index (χ0n) is 15.7. The normalized spacial score (nSPS) is 18.5. The van der Waals surface area contributed by atoms with E-state index in [1.807, 2.05) is 19.2 Å². The van der Waals surface area contributed by atoms with Gasteiger partial charge in [-0.05, 0) is 50.6 Å². The van der Waals surface area contributed by atoms with Gasteiger partial charge in [0.25, 0.3) is 0 Å². The molecule has 4 rings (SSSR count). The van der Waals surface area contributed by atoms with Gasteiger partial charge < -0.3 is 9.30 Å². The van der Waals surface area contributed by atoms with Gasteiger partial charge in [0.15, 0.2) is 9.84 Å². The lowest BCUT2D eigenvalue weighted by Gasteiger charge is -2.16. The largest absolute Gasteiger partial charge is 0.486 e. The molecule has 1 atom stereocenters. The number of nitrogens with zero attached hydrogens (tertiary/aromatic N) is 2. The summed E-state index contributed by atoms with van der Waals surface area (Å²) in [6, 6.07) is 7.97. The number of ether oxygens (including phenoxy) is 1. The first-order chi connectivity index (χ1) is 13.3. The van der Waals surface area contributed by atoms with Crippen LogP contribution in [0.15, 0.2) is 35.7 Å². The van der Waals surface area contributed by atoms with Gasteiger partial charge in [-0.15, -0.1) is 11.3 Å². The van der Waals surface area contributed by atoms with Crippen molar-refractivity contribution in [3.63, 3.8) is 0 Å². The van der Waals surface area contributed by atoms with Crippen molar-refractivity contribution in [2.75, 3.05) is 11.5 Å². The number of halogens is 1. The van der Waals surface area contributed by atoms with Gasteiger partial charge in [0.1, 0.15) is 23.2 Å². The Labute approximate surface area is 167 Å². The lowest BCUT2D eigenvalue weighted by Crippen LogP contribution is -2.13. The van der Waals surface area contributed by atoms with Crippen molar-refractivity contribution in [2.45, 2.75) is 32.9 Å². The van der Waals surface area contributed by atoms with Crippen molar-refractivity contribution in [1.29, 1.82) is 0 Å². The number of sulfone groups is 1. The fourth-order valence-electron chi connectivity index (χ4n) is 3.75. The molecule has 8 heteroatoms. The minimum absolute atomic E-state index is 0.00124. The first-order valence-electron chi connectivity index (χ1n) is 9.04. The monoisotopic (exact) mass is 420 g/mol. The molecule has 1 aromatic carbocycles. The van der Waals surface area contributed by atoms with Crippen LogP contribution in [-0.2, 0) is 16.4 Å². The van der Waals surface area contributed by atoms with Gasteiger partial charge in [0.05, 0.1) is 17.2 Å². The third-order valence-corrected chi connectivity index (χ3v) is 7.63. The second-order valence-corrected chi connectivity index (χ2v) is 10.3. The first-order valence-corrected chi connectivity index (χ1v) is 11.7. The average Bonchev–Trinajstić information content (AvgIpc) is 3.32. The van der Waals surface area contributed by atoms with Gasteiger partial charge >= 0.3 is 0 Å². The molecule has 0 N–H and O–H groups in total. The lowest BCUT2D eigenvalue weighted by molar-refractivity contribution is 0.305. The molecule has 3 heterocycles. The number of benzene rings is 1. The summed E-state index contributed by atoms with van der Waals surface area (Å²) in [5.41, 5.74) is 3.97. The minimum atomic E-state index is -2.94. The molecule has 2 aromatic heterocycles. The Morgan fingerprint density at radius 1 is 1.29 bits per heavy atom. The zero-order valence-corrected chi connectivity index (χ0v) is 17.3. The molecule has 28 heavy (non-hydrogen) atoms. The Bertz CT molecular complexity index is 1100. The van der Waals surface area contributed by atoms with Crippen molar-refractivity contribution in [1.82, 2.24) is 9.55 Å². The Morgan fingerprint density at radius 3 is 2.71 bits per heavy atom. The Morgan fingerprint density at radius 2 is 2.04 bits per heavy atom. The standard InChI is InChI=1S/C20H21FN2O3S2/c1-13-9-18(14(2)23(13)16-7-8-28(24,25)12-16)19-11-27-20(22-19)10-26-17-5-3-15(21)4-6-17/h3-6,9,11,16H,7-8,10,12H2,1-2H3. The maximum Gasteiger partial charge on any atom is 0.152 e. The molecule has 1 unspecified atom stereocenters. The number of thiazole rings is 1. The molecular weight excluding hydrogens is 399 g/mol. The number of aryl methyl sites for hydroxylation is 1. The molecule has 0 spiro atoms. The minimum Gasteiger partial charge on any atom is -0.486 e. The Balaban J connectivity index is 1.52. The van der Waals surface area contributed by atoms with E-state index in [0.29, 0.717) is 18.8 Å². The molecule has 0 saturated carbocycles. The molecule has 0 amide bonds. The van der Waals surface area contributed by atoms with Gasteiger partial charge in [0.2, 0.25) is 0 Å². The highest BCUT2D eigenvalue weighted by atomic mass is 32.2. The third-order valence-electron chi connectivity index (χ3n) is 5.06. The summed E-state index contributed by atoms with van der Waals surface area (Å²) in [5, 5.41) is 2.81. The second-order valence-electron chi connectivity index (χ2n) is 7.08. The van der Waals surface area contributed by atoms with Crippen molar-refractivity contribution in [3.8, 4) is 17.0 Å². The molecule has 148 valence electrons. The van der Waals surface area contributed by atoms with Crippen LogP contribution >= 0.6 is 11.3 Å². The molecule has 1 fully saturated rings. The maximum atomic E-state index is 13.0. The molecule has 1 aliphatic heterocycles. The van der Waals surface area contributed by atoms with Crippen molar-refractivity contribution in [3.05, 3.63) is 57.9 Å². The predicted octanol–water partition coefficient (Wildman–Crippen LogP) is 4.31. The van der Waals surface area contributed by atoms with E-state index in [0.717, 1.165) is 27.7 Å². The number of rotatable bonds is 5. The first kappa shape index (κ1) is 19.1. The van der Waals surface area contributed by atoms with E-state index in [1.54, 1.807) is 12.1 Å². The van der Waals surface area contributed by atoms with E-state index in [9.17, 15) is 12.8 Å². The van der Waals surface area contributed by atoms with Crippen LogP contribution in [0.2, 0.25) is 0 Å². The van der Waals surface area contributed by atoms with Crippen LogP contribution < -0.4 is 4.74 Å². The highest BCUT2D eigenvalue weighted by Gasteiger charge is 2.31. The highest BCUT2D eigenvalue weighted by molar-refractivity contribution is 7.91. The van der Waals surface area contributed by atoms with Crippen LogP contribution in [0.5, 0.6) is 5.75 Å². The summed E-state index contributed by atoms with van der Waals surface area (Å²) in [6.07, 6.45) is 0.659. The third kappa shape index (κ3) is 3.84. The van der Waals surface area contributed by atoms with Crippen molar-refractivity contribution < 1.29 is 17.5 Å². The number of aromatic nitrogens is 2. The topological polar surface area (TPSA) is 61.2 Å². The van der Waals surface area contributed by atoms with E-state index in [-0.39, 0.29) is 23.4 Å². The fraction of sp³-hybridized carbons (Fsp3) is 0.350. The molecule has 3 aromatic rings. The summed E-state index contributed by atoms with van der Waals surface area (Å²) < 4.78 is 44.5. The van der Waals surface area contributed by atoms with Crippen molar-refractivity contribution >= 4 is 21.2 Å². The van der Waals surface area contributed by atoms with E-state index in [2.05, 4.69) is 15.6 Å². The summed E-state index contributed by atoms with van der Waals surface area (Å²) in [4.78, 5) is 4.67. The zero-order chi connectivity index (χ0) is 19.9. The van der Waals surface area contributed by atoms with Gasteiger partial charge in [0, 0.05) is 28.4 Å². The fourth-order valence-corrected chi connectivity index (χ4v) is 6.16. The van der Waals surface area contributed by atoms with Crippen LogP contribution in [0.25, 0.3) is 11.3 Å². The van der Waals surface area contributed by atoms with E-state index >= 15 is 0 Å². The predicted molar refractivity (Wildman–Crippen MR) is 108 cm³/mol. The van der Waals surface area contributed by atoms with Crippen LogP contribution in [0.4, 0.5) is 4.39 Å². The van der Waals surface area contributed by atoms with E-state index in [4.69, 9.17) is 4.74 Å². The summed E-state index contributed by atoms with van der Waals surface area (Å²) in [5.74, 6) is 0.760. The maximum absolute atomic E-state index is 13.0. The molecule has 1 aliphatic rings. The molecular formula is C20H21FN2O3S2. The molecule has 0 aliphatic carbocycles. The Kier molecular flexibility index (Phi) is 5.01. The lowest BCUT2D eigenvalue weighted by atomic mass is 10.2. The number of hydrogen-bond donors (Lipinski definition) is 0. The average molecular weight is 421 g/mol. The van der Waals surface area contributed by atoms with Crippen LogP contribution in [0.3, 0.4) is 0 Å². The van der Waals surface area contributed by atoms with Crippen molar-refractivity contribution in [2.24, 2.45) is 0 Å². The molecule has 5 nitrogen and oxygen atoms in total. The van der Waals surface area contributed by atoms with Crippen LogP contribution in [0, 0.1) is 19.7 Å². The summed E-state index contributed by atoms with van der Waals surface area (Å²) in [6.45, 7) is 4.34. The molecule has 1 saturated heterocycles.